The molecular formula is C26H21F10O7S2+. The Labute approximate surface area is 251 Å². The van der Waals surface area contributed by atoms with Gasteiger partial charge in [0, 0.05) is 7.11 Å². The summed E-state index contributed by atoms with van der Waals surface area (Å²) >= 11 is 0. The molecule has 248 valence electrons. The van der Waals surface area contributed by atoms with E-state index in [-0.39, 0.29) is 0 Å². The lowest BCUT2D eigenvalue weighted by Gasteiger charge is -2.36. The minimum Gasteiger partial charge on any atom is -0.490 e. The van der Waals surface area contributed by atoms with Gasteiger partial charge in [-0.2, -0.15) is 52.3 Å². The van der Waals surface area contributed by atoms with E-state index in [4.69, 9.17) is 9.29 Å². The van der Waals surface area contributed by atoms with Crippen LogP contribution in [0, 0.1) is 0 Å². The van der Waals surface area contributed by atoms with Gasteiger partial charge < -0.3 is 18.9 Å². The highest BCUT2D eigenvalue weighted by Gasteiger charge is 2.73. The lowest BCUT2D eigenvalue weighted by molar-refractivity contribution is -0.397. The first-order chi connectivity index (χ1) is 20.7. The summed E-state index contributed by atoms with van der Waals surface area (Å²) in [6, 6.07) is 17.0. The molecule has 0 amide bonds. The van der Waals surface area contributed by atoms with Gasteiger partial charge in [-0.3, -0.25) is 4.55 Å². The van der Waals surface area contributed by atoms with Crippen LogP contribution in [0.4, 0.5) is 43.9 Å². The third-order valence-corrected chi connectivity index (χ3v) is 8.90. The first-order valence-electron chi connectivity index (χ1n) is 12.0. The average molecular weight is 700 g/mol. The molecule has 0 aliphatic rings. The minimum absolute atomic E-state index is 0.341. The van der Waals surface area contributed by atoms with Gasteiger partial charge in [-0.25, -0.2) is 0 Å². The fourth-order valence-corrected chi connectivity index (χ4v) is 5.92. The second-order valence-corrected chi connectivity index (χ2v) is 12.3. The van der Waals surface area contributed by atoms with Crippen LogP contribution < -0.4 is 9.47 Å². The van der Waals surface area contributed by atoms with Crippen molar-refractivity contribution in [1.82, 2.24) is 0 Å². The van der Waals surface area contributed by atoms with E-state index in [0.29, 0.717) is 14.7 Å². The lowest BCUT2D eigenvalue weighted by atomic mass is 10.0. The molecule has 3 aromatic carbocycles. The van der Waals surface area contributed by atoms with Crippen LogP contribution in [0.1, 0.15) is 0 Å². The van der Waals surface area contributed by atoms with Crippen LogP contribution in [0.25, 0.3) is 0 Å². The van der Waals surface area contributed by atoms with Crippen LogP contribution in [0.5, 0.6) is 11.5 Å². The van der Waals surface area contributed by atoms with Crippen LogP contribution in [0.15, 0.2) is 93.5 Å². The van der Waals surface area contributed by atoms with Crippen molar-refractivity contribution in [2.45, 2.75) is 44.0 Å². The van der Waals surface area contributed by atoms with E-state index in [0.717, 1.165) is 31.4 Å². The Morgan fingerprint density at radius 2 is 1.13 bits per heavy atom. The second kappa shape index (κ2) is 13.2. The summed E-state index contributed by atoms with van der Waals surface area (Å²) in [5.74, 6) is -1.30. The molecule has 0 aliphatic carbocycles. The molecule has 0 heterocycles. The molecule has 3 rings (SSSR count). The van der Waals surface area contributed by atoms with Crippen LogP contribution in [-0.2, 0) is 30.5 Å². The molecule has 0 aromatic heterocycles. The average Bonchev–Trinajstić information content (AvgIpc) is 2.93. The first kappa shape index (κ1) is 36.2. The smallest absolute Gasteiger partial charge is 0.483 e. The molecule has 45 heavy (non-hydrogen) atoms. The van der Waals surface area contributed by atoms with Crippen molar-refractivity contribution in [2.75, 3.05) is 20.5 Å². The predicted octanol–water partition coefficient (Wildman–Crippen LogP) is 7.10. The number of hydrogen-bond donors (Lipinski definition) is 1. The molecule has 3 aromatic rings. The number of benzene rings is 3. The summed E-state index contributed by atoms with van der Waals surface area (Å²) in [5, 5.41) is -5.98. The highest BCUT2D eigenvalue weighted by atomic mass is 32.2. The zero-order chi connectivity index (χ0) is 33.9. The van der Waals surface area contributed by atoms with Crippen LogP contribution in [0.3, 0.4) is 0 Å². The van der Waals surface area contributed by atoms with Crippen molar-refractivity contribution in [3.63, 3.8) is 0 Å². The van der Waals surface area contributed by atoms with Gasteiger partial charge in [0.25, 0.3) is 5.60 Å². The number of rotatable bonds is 13. The maximum atomic E-state index is 13.9. The Balaban J connectivity index is 1.91. The molecule has 1 unspecified atom stereocenters. The van der Waals surface area contributed by atoms with Crippen molar-refractivity contribution in [3.8, 4) is 11.5 Å². The van der Waals surface area contributed by atoms with Gasteiger partial charge in [0.15, 0.2) is 14.7 Å². The van der Waals surface area contributed by atoms with E-state index in [1.165, 1.54) is 24.3 Å². The molecule has 0 radical (unpaired) electrons. The van der Waals surface area contributed by atoms with Crippen molar-refractivity contribution in [2.24, 2.45) is 0 Å². The number of methoxy groups -OCH3 is 1. The molecule has 0 saturated carbocycles. The van der Waals surface area contributed by atoms with Gasteiger partial charge in [0.05, 0.1) is 10.9 Å². The number of halogens is 10. The summed E-state index contributed by atoms with van der Waals surface area (Å²) in [4.78, 5) is 1.33. The Kier molecular flexibility index (Phi) is 10.6. The van der Waals surface area contributed by atoms with Crippen molar-refractivity contribution in [1.29, 1.82) is 0 Å². The molecule has 0 saturated heterocycles. The quantitative estimate of drug-likeness (QED) is 0.0882. The Morgan fingerprint density at radius 1 is 0.689 bits per heavy atom. The van der Waals surface area contributed by atoms with Crippen molar-refractivity contribution < 1.29 is 75.8 Å². The molecule has 19 heteroatoms. The van der Waals surface area contributed by atoms with E-state index < -0.39 is 75.2 Å². The Hall–Kier alpha value is -3.26. The van der Waals surface area contributed by atoms with Gasteiger partial charge in [0.2, 0.25) is 0 Å². The van der Waals surface area contributed by atoms with Gasteiger partial charge in [0.1, 0.15) is 24.9 Å². The highest BCUT2D eigenvalue weighted by molar-refractivity contribution is 7.97. The van der Waals surface area contributed by atoms with E-state index >= 15 is 0 Å². The molecule has 0 fully saturated rings. The van der Waals surface area contributed by atoms with Gasteiger partial charge in [-0.15, -0.1) is 0 Å². The summed E-state index contributed by atoms with van der Waals surface area (Å²) in [6.45, 7) is -3.35. The van der Waals surface area contributed by atoms with E-state index in [2.05, 4.69) is 14.2 Å². The lowest BCUT2D eigenvalue weighted by Crippen LogP contribution is -2.62. The molecule has 0 aliphatic heterocycles. The molecule has 0 spiro atoms. The number of ether oxygens (including phenoxy) is 4. The minimum atomic E-state index is -6.55. The fourth-order valence-electron chi connectivity index (χ4n) is 3.51. The topological polar surface area (TPSA) is 91.3 Å². The van der Waals surface area contributed by atoms with Crippen LogP contribution in [-0.4, -0.2) is 62.8 Å². The maximum Gasteiger partial charge on any atom is 0.483 e. The van der Waals surface area contributed by atoms with Gasteiger partial charge >= 0.3 is 33.8 Å². The third kappa shape index (κ3) is 7.76. The summed E-state index contributed by atoms with van der Waals surface area (Å²) in [7, 11) is -6.84. The fraction of sp³-hybridized carbons (Fsp3) is 0.308. The monoisotopic (exact) mass is 699 g/mol. The molecule has 7 nitrogen and oxygen atoms in total. The SMILES string of the molecule is COCOC(COc1ccc([S+](c2ccccc2)c2ccc(OC(F)(F)C(F)(F)S(=O)(=O)O)cc2)cc1)(C(F)(F)F)C(F)(F)F. The zero-order valence-electron chi connectivity index (χ0n) is 22.4. The predicted molar refractivity (Wildman–Crippen MR) is 137 cm³/mol. The summed E-state index contributed by atoms with van der Waals surface area (Å²) in [5.41, 5.74) is -4.71. The number of alkyl halides is 10. The summed E-state index contributed by atoms with van der Waals surface area (Å²) < 4.78 is 183. The van der Waals surface area contributed by atoms with Crippen LogP contribution in [0.2, 0.25) is 0 Å². The molecule has 1 atom stereocenters. The third-order valence-electron chi connectivity index (χ3n) is 5.79. The molecular weight excluding hydrogens is 678 g/mol. The Morgan fingerprint density at radius 3 is 1.56 bits per heavy atom. The van der Waals surface area contributed by atoms with Gasteiger partial charge in [-0.1, -0.05) is 18.2 Å². The summed E-state index contributed by atoms with van der Waals surface area (Å²) in [6.07, 6.45) is -17.5. The van der Waals surface area contributed by atoms with Crippen molar-refractivity contribution >= 4 is 21.0 Å². The van der Waals surface area contributed by atoms with E-state index in [9.17, 15) is 52.3 Å². The largest absolute Gasteiger partial charge is 0.490 e. The van der Waals surface area contributed by atoms with Crippen molar-refractivity contribution in [3.05, 3.63) is 78.9 Å². The second-order valence-electron chi connectivity index (χ2n) is 8.83. The first-order valence-corrected chi connectivity index (χ1v) is 14.6. The van der Waals surface area contributed by atoms with Gasteiger partial charge in [-0.05, 0) is 60.7 Å². The molecule has 1 N–H and O–H groups in total. The highest BCUT2D eigenvalue weighted by Crippen LogP contribution is 2.46. The van der Waals surface area contributed by atoms with Crippen LogP contribution >= 0.6 is 0 Å². The molecule has 0 bridgehead atoms. The number of hydrogen-bond acceptors (Lipinski definition) is 6. The standard InChI is InChI=1S/C26H20F10O7S2/c1-40-16-42-22(23(27,28)29,24(30,31)32)15-41-17-7-11-20(12-8-17)44(19-5-3-2-4-6-19)21-13-9-18(10-14-21)43-25(33,34)26(35,36)45(37,38)39/h2-14H,15-16H2,1H3/p+1. The maximum absolute atomic E-state index is 13.9. The Bertz CT molecular complexity index is 1500. The van der Waals surface area contributed by atoms with E-state index in [1.54, 1.807) is 30.3 Å². The normalized spacial score (nSPS) is 14.2. The zero-order valence-corrected chi connectivity index (χ0v) is 24.0. The van der Waals surface area contributed by atoms with E-state index in [1.807, 2.05) is 0 Å².